The van der Waals surface area contributed by atoms with Crippen LogP contribution >= 0.6 is 11.8 Å². The van der Waals surface area contributed by atoms with Crippen molar-refractivity contribution in [2.75, 3.05) is 0 Å². The molecule has 2 aliphatic rings. The van der Waals surface area contributed by atoms with Crippen LogP contribution in [0.5, 0.6) is 0 Å². The smallest absolute Gasteiger partial charge is 0.0227 e. The summed E-state index contributed by atoms with van der Waals surface area (Å²) in [4.78, 5) is 0. The molecule has 2 rings (SSSR count). The Hall–Kier alpha value is -0.170. The van der Waals surface area contributed by atoms with Gasteiger partial charge in [-0.3, -0.25) is 0 Å². The summed E-state index contributed by atoms with van der Waals surface area (Å²) in [6, 6.07) is 0. The summed E-state index contributed by atoms with van der Waals surface area (Å²) in [5, 5.41) is 1.79. The van der Waals surface area contributed by atoms with E-state index in [0.29, 0.717) is 5.41 Å². The fourth-order valence-corrected chi connectivity index (χ4v) is 4.16. The average molecular weight is 236 g/mol. The predicted octanol–water partition coefficient (Wildman–Crippen LogP) is 4.96. The standard InChI is InChI=1S/C15H24S/c1-11-6-5-7-12(2)10-13-14(16-13)15(3,4)9-8-11/h7-8,13-14H,5-6,9-10H2,1-4H3. The fraction of sp³-hybridized carbons (Fsp3) is 0.733. The maximum absolute atomic E-state index is 2.48. The van der Waals surface area contributed by atoms with Gasteiger partial charge in [-0.25, -0.2) is 0 Å². The molecule has 0 aromatic carbocycles. The van der Waals surface area contributed by atoms with E-state index in [1.54, 1.807) is 11.1 Å². The van der Waals surface area contributed by atoms with Gasteiger partial charge in [-0.1, -0.05) is 37.1 Å². The Kier molecular flexibility index (Phi) is 3.53. The van der Waals surface area contributed by atoms with Crippen LogP contribution in [-0.4, -0.2) is 10.5 Å². The molecule has 0 nitrogen and oxygen atoms in total. The highest BCUT2D eigenvalue weighted by Crippen LogP contribution is 2.56. The molecule has 90 valence electrons. The zero-order valence-electron chi connectivity index (χ0n) is 11.0. The van der Waals surface area contributed by atoms with Crippen molar-refractivity contribution in [3.05, 3.63) is 23.3 Å². The summed E-state index contributed by atoms with van der Waals surface area (Å²) < 4.78 is 0. The molecule has 0 spiro atoms. The molecule has 1 fully saturated rings. The van der Waals surface area contributed by atoms with Crippen molar-refractivity contribution < 1.29 is 0 Å². The van der Waals surface area contributed by atoms with Crippen LogP contribution in [0.15, 0.2) is 23.3 Å². The molecule has 1 aliphatic heterocycles. The van der Waals surface area contributed by atoms with Crippen molar-refractivity contribution >= 4 is 11.8 Å². The third-order valence-electron chi connectivity index (χ3n) is 3.88. The Morgan fingerprint density at radius 2 is 1.94 bits per heavy atom. The van der Waals surface area contributed by atoms with E-state index < -0.39 is 0 Å². The van der Waals surface area contributed by atoms with Gasteiger partial charge in [0.15, 0.2) is 0 Å². The van der Waals surface area contributed by atoms with Crippen LogP contribution in [0.2, 0.25) is 0 Å². The van der Waals surface area contributed by atoms with Crippen molar-refractivity contribution in [3.63, 3.8) is 0 Å². The van der Waals surface area contributed by atoms with Gasteiger partial charge < -0.3 is 0 Å². The fourth-order valence-electron chi connectivity index (χ4n) is 2.59. The second-order valence-corrected chi connectivity index (χ2v) is 7.52. The summed E-state index contributed by atoms with van der Waals surface area (Å²) in [5.41, 5.74) is 3.66. The predicted molar refractivity (Wildman–Crippen MR) is 74.9 cm³/mol. The quantitative estimate of drug-likeness (QED) is 0.423. The molecule has 2 atom stereocenters. The van der Waals surface area contributed by atoms with Crippen LogP contribution in [0.3, 0.4) is 0 Å². The van der Waals surface area contributed by atoms with Gasteiger partial charge in [0.1, 0.15) is 0 Å². The third kappa shape index (κ3) is 2.94. The normalized spacial score (nSPS) is 34.2. The van der Waals surface area contributed by atoms with E-state index in [4.69, 9.17) is 0 Å². The highest BCUT2D eigenvalue weighted by Gasteiger charge is 2.47. The first-order valence-electron chi connectivity index (χ1n) is 6.46. The largest absolute Gasteiger partial charge is 0.152 e. The third-order valence-corrected chi connectivity index (χ3v) is 5.62. The van der Waals surface area contributed by atoms with Gasteiger partial charge in [0.05, 0.1) is 0 Å². The lowest BCUT2D eigenvalue weighted by Crippen LogP contribution is -2.20. The second-order valence-electron chi connectivity index (χ2n) is 6.13. The summed E-state index contributed by atoms with van der Waals surface area (Å²) >= 11 is 2.19. The second kappa shape index (κ2) is 4.60. The summed E-state index contributed by atoms with van der Waals surface area (Å²) in [7, 11) is 0. The van der Waals surface area contributed by atoms with Crippen molar-refractivity contribution in [2.24, 2.45) is 5.41 Å². The van der Waals surface area contributed by atoms with Gasteiger partial charge in [0, 0.05) is 10.5 Å². The Bertz CT molecular complexity index is 322. The Morgan fingerprint density at radius 1 is 1.19 bits per heavy atom. The van der Waals surface area contributed by atoms with Crippen LogP contribution < -0.4 is 0 Å². The maximum Gasteiger partial charge on any atom is 0.0227 e. The van der Waals surface area contributed by atoms with E-state index in [1.807, 2.05) is 0 Å². The molecular weight excluding hydrogens is 212 g/mol. The van der Waals surface area contributed by atoms with E-state index in [0.717, 1.165) is 10.5 Å². The monoisotopic (exact) mass is 236 g/mol. The van der Waals surface area contributed by atoms with E-state index in [1.165, 1.54) is 25.7 Å². The zero-order chi connectivity index (χ0) is 11.8. The molecular formula is C15H24S. The molecule has 0 radical (unpaired) electrons. The molecule has 0 aromatic heterocycles. The number of hydrogen-bond acceptors (Lipinski definition) is 1. The molecule has 0 aromatic rings. The number of thioether (sulfide) groups is 1. The molecule has 16 heavy (non-hydrogen) atoms. The van der Waals surface area contributed by atoms with Gasteiger partial charge in [0.2, 0.25) is 0 Å². The molecule has 2 unspecified atom stereocenters. The maximum atomic E-state index is 2.48. The minimum absolute atomic E-state index is 0.487. The Labute approximate surface area is 105 Å². The molecule has 1 heterocycles. The minimum atomic E-state index is 0.487. The molecule has 0 amide bonds. The minimum Gasteiger partial charge on any atom is -0.152 e. The summed E-state index contributed by atoms with van der Waals surface area (Å²) in [5.74, 6) is 0. The first-order valence-corrected chi connectivity index (χ1v) is 7.40. The van der Waals surface area contributed by atoms with E-state index >= 15 is 0 Å². The number of allylic oxidation sites excluding steroid dienone is 4. The van der Waals surface area contributed by atoms with Crippen molar-refractivity contribution in [3.8, 4) is 0 Å². The summed E-state index contributed by atoms with van der Waals surface area (Å²) in [6.07, 6.45) is 9.98. The first kappa shape index (κ1) is 12.3. The SMILES string of the molecule is CC1=CCC(C)(C)C2SC2CC(C)=CCC1. The topological polar surface area (TPSA) is 0 Å². The molecule has 1 saturated heterocycles. The van der Waals surface area contributed by atoms with Crippen LogP contribution in [-0.2, 0) is 0 Å². The highest BCUT2D eigenvalue weighted by molar-refractivity contribution is 8.07. The molecule has 0 bridgehead atoms. The van der Waals surface area contributed by atoms with E-state index in [9.17, 15) is 0 Å². The number of rotatable bonds is 0. The average Bonchev–Trinajstić information content (AvgIpc) is 2.94. The van der Waals surface area contributed by atoms with Crippen LogP contribution in [0, 0.1) is 5.41 Å². The van der Waals surface area contributed by atoms with Crippen LogP contribution in [0.1, 0.15) is 53.4 Å². The van der Waals surface area contributed by atoms with Gasteiger partial charge >= 0.3 is 0 Å². The van der Waals surface area contributed by atoms with Gasteiger partial charge in [-0.15, -0.1) is 0 Å². The van der Waals surface area contributed by atoms with E-state index in [-0.39, 0.29) is 0 Å². The lowest BCUT2D eigenvalue weighted by atomic mass is 9.83. The van der Waals surface area contributed by atoms with E-state index in [2.05, 4.69) is 51.6 Å². The number of fused-ring (bicyclic) bond motifs is 1. The van der Waals surface area contributed by atoms with Crippen molar-refractivity contribution in [1.82, 2.24) is 0 Å². The molecule has 1 aliphatic carbocycles. The van der Waals surface area contributed by atoms with Gasteiger partial charge in [-0.2, -0.15) is 11.8 Å². The Morgan fingerprint density at radius 3 is 2.69 bits per heavy atom. The summed E-state index contributed by atoms with van der Waals surface area (Å²) in [6.45, 7) is 9.46. The molecule has 1 heteroatoms. The lowest BCUT2D eigenvalue weighted by molar-refractivity contribution is 0.372. The van der Waals surface area contributed by atoms with Crippen LogP contribution in [0.25, 0.3) is 0 Å². The van der Waals surface area contributed by atoms with Crippen LogP contribution in [0.4, 0.5) is 0 Å². The van der Waals surface area contributed by atoms with Crippen molar-refractivity contribution in [1.29, 1.82) is 0 Å². The molecule has 0 N–H and O–H groups in total. The highest BCUT2D eigenvalue weighted by atomic mass is 32.2. The Balaban J connectivity index is 2.12. The first-order chi connectivity index (χ1) is 7.49. The zero-order valence-corrected chi connectivity index (χ0v) is 11.9. The molecule has 0 saturated carbocycles. The lowest BCUT2D eigenvalue weighted by Gasteiger charge is -2.22. The van der Waals surface area contributed by atoms with Gasteiger partial charge in [0.25, 0.3) is 0 Å². The number of hydrogen-bond donors (Lipinski definition) is 0. The van der Waals surface area contributed by atoms with Crippen molar-refractivity contribution in [2.45, 2.75) is 63.9 Å². The van der Waals surface area contributed by atoms with Gasteiger partial charge in [-0.05, 0) is 44.9 Å².